The lowest BCUT2D eigenvalue weighted by Gasteiger charge is -2.31. The van der Waals surface area contributed by atoms with E-state index in [9.17, 15) is 37.4 Å². The number of aliphatic hydroxyl groups is 2. The Kier molecular flexibility index (Phi) is 8.83. The molecule has 4 rings (SSSR count). The standard InChI is InChI=1S/C29H29F4N3O7/c1-16(37)14-42-22-8-5-18(11-23(22)41-2)25(38)35-15-28(40,29(31,32)33)24-13-19(27(9-10-27)43-26(34)39)12-21(36-24)17-3-6-20(30)7-4-17/h3-8,11-13,16,37,40H,9-10,14-15H2,1-2H3,(H2,34,39)(H,35,38). The monoisotopic (exact) mass is 607 g/mol. The van der Waals surface area contributed by atoms with E-state index in [1.54, 1.807) is 0 Å². The van der Waals surface area contributed by atoms with Gasteiger partial charge in [-0.25, -0.2) is 14.2 Å². The first-order valence-corrected chi connectivity index (χ1v) is 13.0. The fourth-order valence-electron chi connectivity index (χ4n) is 4.31. The molecule has 14 heteroatoms. The molecule has 1 saturated carbocycles. The number of hydrogen-bond acceptors (Lipinski definition) is 8. The van der Waals surface area contributed by atoms with Gasteiger partial charge >= 0.3 is 12.3 Å². The molecule has 2 amide bonds. The maximum Gasteiger partial charge on any atom is 0.424 e. The van der Waals surface area contributed by atoms with Crippen LogP contribution < -0.4 is 20.5 Å². The van der Waals surface area contributed by atoms with Crippen LogP contribution in [0, 0.1) is 5.82 Å². The molecule has 230 valence electrons. The largest absolute Gasteiger partial charge is 0.493 e. The summed E-state index contributed by atoms with van der Waals surface area (Å²) in [4.78, 5) is 28.5. The van der Waals surface area contributed by atoms with Crippen LogP contribution in [0.3, 0.4) is 0 Å². The van der Waals surface area contributed by atoms with Gasteiger partial charge in [-0.1, -0.05) is 0 Å². The summed E-state index contributed by atoms with van der Waals surface area (Å²) >= 11 is 0. The number of carbonyl (C=O) groups is 2. The molecular formula is C29H29F4N3O7. The molecule has 1 aromatic heterocycles. The van der Waals surface area contributed by atoms with Crippen LogP contribution in [0.25, 0.3) is 11.3 Å². The molecule has 1 aliphatic carbocycles. The molecule has 2 aromatic carbocycles. The van der Waals surface area contributed by atoms with Gasteiger partial charge in [0.25, 0.3) is 5.91 Å². The number of aliphatic hydroxyl groups excluding tert-OH is 1. The van der Waals surface area contributed by atoms with Crippen molar-refractivity contribution in [3.05, 3.63) is 77.2 Å². The third-order valence-electron chi connectivity index (χ3n) is 6.79. The summed E-state index contributed by atoms with van der Waals surface area (Å²) in [5.74, 6) is -1.30. The van der Waals surface area contributed by atoms with E-state index in [0.29, 0.717) is 0 Å². The van der Waals surface area contributed by atoms with Gasteiger partial charge in [-0.3, -0.25) is 4.79 Å². The predicted octanol–water partition coefficient (Wildman–Crippen LogP) is 3.92. The van der Waals surface area contributed by atoms with Gasteiger partial charge in [0.15, 0.2) is 11.5 Å². The second kappa shape index (κ2) is 12.1. The van der Waals surface area contributed by atoms with Crippen molar-refractivity contribution >= 4 is 12.0 Å². The third kappa shape index (κ3) is 6.97. The number of methoxy groups -OCH3 is 1. The number of nitrogens with zero attached hydrogens (tertiary/aromatic N) is 1. The smallest absolute Gasteiger partial charge is 0.424 e. The quantitative estimate of drug-likeness (QED) is 0.239. The van der Waals surface area contributed by atoms with E-state index < -0.39 is 53.5 Å². The van der Waals surface area contributed by atoms with Crippen molar-refractivity contribution < 1.29 is 51.6 Å². The number of amides is 2. The zero-order chi connectivity index (χ0) is 31.6. The maximum atomic E-state index is 14.6. The minimum absolute atomic E-state index is 0.0710. The fourth-order valence-corrected chi connectivity index (χ4v) is 4.31. The Bertz CT molecular complexity index is 1490. The molecule has 10 nitrogen and oxygen atoms in total. The van der Waals surface area contributed by atoms with Crippen LogP contribution in [0.2, 0.25) is 0 Å². The highest BCUT2D eigenvalue weighted by atomic mass is 19.4. The van der Waals surface area contributed by atoms with E-state index in [2.05, 4.69) is 10.3 Å². The summed E-state index contributed by atoms with van der Waals surface area (Å²) < 4.78 is 73.0. The van der Waals surface area contributed by atoms with E-state index >= 15 is 0 Å². The molecule has 0 radical (unpaired) electrons. The molecular weight excluding hydrogens is 578 g/mol. The van der Waals surface area contributed by atoms with Gasteiger partial charge in [0, 0.05) is 11.1 Å². The van der Waals surface area contributed by atoms with Gasteiger partial charge in [0.1, 0.15) is 18.0 Å². The fraction of sp³-hybridized carbons (Fsp3) is 0.345. The van der Waals surface area contributed by atoms with Gasteiger partial charge in [0.05, 0.1) is 31.1 Å². The zero-order valence-corrected chi connectivity index (χ0v) is 23.1. The average Bonchev–Trinajstić information content (AvgIpc) is 3.73. The zero-order valence-electron chi connectivity index (χ0n) is 23.1. The highest BCUT2D eigenvalue weighted by molar-refractivity contribution is 5.95. The van der Waals surface area contributed by atoms with Crippen molar-refractivity contribution in [3.8, 4) is 22.8 Å². The summed E-state index contributed by atoms with van der Waals surface area (Å²) in [6.45, 7) is 0.0810. The van der Waals surface area contributed by atoms with Crippen molar-refractivity contribution in [2.24, 2.45) is 5.73 Å². The lowest BCUT2D eigenvalue weighted by atomic mass is 9.93. The molecule has 0 aliphatic heterocycles. The number of aromatic nitrogens is 1. The third-order valence-corrected chi connectivity index (χ3v) is 6.79. The number of benzene rings is 2. The van der Waals surface area contributed by atoms with Crippen LogP contribution >= 0.6 is 0 Å². The minimum Gasteiger partial charge on any atom is -0.493 e. The van der Waals surface area contributed by atoms with Crippen LogP contribution in [0.4, 0.5) is 22.4 Å². The first-order valence-electron chi connectivity index (χ1n) is 13.0. The molecule has 1 fully saturated rings. The molecule has 0 bridgehead atoms. The first kappa shape index (κ1) is 31.5. The summed E-state index contributed by atoms with van der Waals surface area (Å²) in [5.41, 5.74) is -0.614. The number of primary amides is 1. The number of rotatable bonds is 11. The summed E-state index contributed by atoms with van der Waals surface area (Å²) in [5, 5.41) is 22.7. The van der Waals surface area contributed by atoms with Crippen molar-refractivity contribution in [1.82, 2.24) is 10.3 Å². The van der Waals surface area contributed by atoms with Crippen LogP contribution in [0.1, 0.15) is 41.4 Å². The number of alkyl halides is 3. The number of halogens is 4. The minimum atomic E-state index is -5.34. The lowest BCUT2D eigenvalue weighted by molar-refractivity contribution is -0.265. The molecule has 0 spiro atoms. The Hall–Kier alpha value is -4.43. The van der Waals surface area contributed by atoms with Crippen LogP contribution in [-0.4, -0.2) is 59.7 Å². The van der Waals surface area contributed by atoms with Gasteiger partial charge < -0.3 is 35.5 Å². The number of ether oxygens (including phenoxy) is 3. The summed E-state index contributed by atoms with van der Waals surface area (Å²) in [7, 11) is 1.29. The number of hydrogen-bond donors (Lipinski definition) is 4. The SMILES string of the molecule is COc1cc(C(=O)NCC(O)(c2cc(C3(OC(N)=O)CC3)cc(-c3ccc(F)cc3)n2)C(F)(F)F)ccc1OCC(C)O. The van der Waals surface area contributed by atoms with Crippen molar-refractivity contribution in [2.45, 2.75) is 43.2 Å². The molecule has 2 atom stereocenters. The van der Waals surface area contributed by atoms with Crippen molar-refractivity contribution in [3.63, 3.8) is 0 Å². The molecule has 1 heterocycles. The highest BCUT2D eigenvalue weighted by Crippen LogP contribution is 2.51. The predicted molar refractivity (Wildman–Crippen MR) is 144 cm³/mol. The van der Waals surface area contributed by atoms with Crippen LogP contribution in [0.5, 0.6) is 11.5 Å². The molecule has 2 unspecified atom stereocenters. The Morgan fingerprint density at radius 2 is 1.77 bits per heavy atom. The Balaban J connectivity index is 1.70. The average molecular weight is 608 g/mol. The van der Waals surface area contributed by atoms with Gasteiger partial charge in [-0.2, -0.15) is 13.2 Å². The topological polar surface area (TPSA) is 153 Å². The van der Waals surface area contributed by atoms with E-state index in [-0.39, 0.29) is 53.3 Å². The summed E-state index contributed by atoms with van der Waals surface area (Å²) in [6.07, 6.45) is -6.77. The molecule has 0 saturated heterocycles. The van der Waals surface area contributed by atoms with Gasteiger partial charge in [0.2, 0.25) is 5.60 Å². The van der Waals surface area contributed by atoms with Gasteiger partial charge in [-0.15, -0.1) is 0 Å². The molecule has 3 aromatic rings. The van der Waals surface area contributed by atoms with E-state index in [4.69, 9.17) is 19.9 Å². The molecule has 5 N–H and O–H groups in total. The highest BCUT2D eigenvalue weighted by Gasteiger charge is 2.57. The number of nitrogens with two attached hydrogens (primary N) is 1. The second-order valence-corrected chi connectivity index (χ2v) is 10.1. The second-order valence-electron chi connectivity index (χ2n) is 10.1. The maximum absolute atomic E-state index is 14.6. The number of pyridine rings is 1. The van der Waals surface area contributed by atoms with Crippen molar-refractivity contribution in [1.29, 1.82) is 0 Å². The molecule has 43 heavy (non-hydrogen) atoms. The normalized spacial score (nSPS) is 16.0. The van der Waals surface area contributed by atoms with Crippen molar-refractivity contribution in [2.75, 3.05) is 20.3 Å². The number of nitrogens with one attached hydrogen (secondary N) is 1. The Morgan fingerprint density at radius 3 is 2.33 bits per heavy atom. The van der Waals surface area contributed by atoms with E-state index in [1.807, 2.05) is 0 Å². The Morgan fingerprint density at radius 1 is 1.09 bits per heavy atom. The lowest BCUT2D eigenvalue weighted by Crippen LogP contribution is -2.51. The first-order chi connectivity index (χ1) is 20.2. The Labute approximate surface area is 243 Å². The van der Waals surface area contributed by atoms with Crippen LogP contribution in [-0.2, 0) is 15.9 Å². The van der Waals surface area contributed by atoms with E-state index in [1.165, 1.54) is 50.4 Å². The van der Waals surface area contributed by atoms with Gasteiger partial charge in [-0.05, 0) is 79.9 Å². The van der Waals surface area contributed by atoms with Crippen LogP contribution in [0.15, 0.2) is 54.6 Å². The summed E-state index contributed by atoms with van der Waals surface area (Å²) in [6, 6.07) is 10.9. The number of carbonyl (C=O) groups excluding carboxylic acids is 2. The molecule has 1 aliphatic rings. The van der Waals surface area contributed by atoms with E-state index in [0.717, 1.165) is 18.2 Å².